The van der Waals surface area contributed by atoms with Gasteiger partial charge >= 0.3 is 0 Å². The minimum Gasteiger partial charge on any atom is -0.474 e. The van der Waals surface area contributed by atoms with Crippen LogP contribution in [0.3, 0.4) is 0 Å². The molecule has 1 aromatic carbocycles. The average molecular weight is 375 g/mol. The number of ether oxygens (including phenoxy) is 2. The van der Waals surface area contributed by atoms with Crippen molar-refractivity contribution in [1.82, 2.24) is 9.88 Å². The predicted octanol–water partition coefficient (Wildman–Crippen LogP) is 4.13. The Morgan fingerprint density at radius 1 is 1.25 bits per heavy atom. The topological polar surface area (TPSA) is 58.4 Å². The Morgan fingerprint density at radius 3 is 2.89 bits per heavy atom. The normalized spacial score (nSPS) is 17.0. The molecular formula is C23H25N3O2. The van der Waals surface area contributed by atoms with Crippen LogP contribution in [-0.2, 0) is 12.8 Å². The maximum Gasteiger partial charge on any atom is 0.292 e. The molecule has 0 radical (unpaired) electrons. The van der Waals surface area contributed by atoms with Gasteiger partial charge in [-0.25, -0.2) is 4.98 Å². The van der Waals surface area contributed by atoms with Gasteiger partial charge in [0.15, 0.2) is 5.75 Å². The Labute approximate surface area is 166 Å². The van der Waals surface area contributed by atoms with Crippen LogP contribution in [0.25, 0.3) is 11.1 Å². The van der Waals surface area contributed by atoms with E-state index in [1.807, 2.05) is 30.5 Å². The summed E-state index contributed by atoms with van der Waals surface area (Å²) in [6.07, 6.45) is 10.8. The fourth-order valence-electron chi connectivity index (χ4n) is 4.23. The first-order chi connectivity index (χ1) is 13.8. The van der Waals surface area contributed by atoms with Gasteiger partial charge < -0.3 is 9.47 Å². The molecule has 5 heteroatoms. The van der Waals surface area contributed by atoms with Crippen LogP contribution in [0.15, 0.2) is 43.1 Å². The van der Waals surface area contributed by atoms with Crippen molar-refractivity contribution >= 4 is 0 Å². The number of benzene rings is 1. The summed E-state index contributed by atoms with van der Waals surface area (Å²) < 4.78 is 11.6. The van der Waals surface area contributed by atoms with Crippen molar-refractivity contribution in [2.24, 2.45) is 0 Å². The highest BCUT2D eigenvalue weighted by molar-refractivity contribution is 5.74. The molecule has 1 aliphatic carbocycles. The number of nitrogens with zero attached hydrogens (tertiary/aromatic N) is 3. The first-order valence-corrected chi connectivity index (χ1v) is 9.95. The number of aromatic nitrogens is 1. The summed E-state index contributed by atoms with van der Waals surface area (Å²) in [4.78, 5) is 6.79. The van der Waals surface area contributed by atoms with Gasteiger partial charge in [-0.3, -0.25) is 4.90 Å². The van der Waals surface area contributed by atoms with E-state index in [0.29, 0.717) is 11.6 Å². The molecular weight excluding hydrogens is 350 g/mol. The number of piperidine rings is 1. The lowest BCUT2D eigenvalue weighted by atomic mass is 9.99. The van der Waals surface area contributed by atoms with Crippen LogP contribution in [0.1, 0.15) is 30.4 Å². The highest BCUT2D eigenvalue weighted by atomic mass is 16.5. The smallest absolute Gasteiger partial charge is 0.292 e. The second kappa shape index (κ2) is 8.45. The summed E-state index contributed by atoms with van der Waals surface area (Å²) >= 11 is 0. The van der Waals surface area contributed by atoms with Gasteiger partial charge in [-0.05, 0) is 54.9 Å². The molecule has 1 saturated heterocycles. The number of nitriles is 1. The van der Waals surface area contributed by atoms with Gasteiger partial charge in [0, 0.05) is 37.5 Å². The van der Waals surface area contributed by atoms with Gasteiger partial charge in [0.25, 0.3) is 6.26 Å². The first kappa shape index (κ1) is 18.5. The SMILES string of the molecule is C=CCN1CCC(Oc2cc(-c3ccc4c(c3OC#N)CCC4)ccn2)CC1. The Kier molecular flexibility index (Phi) is 5.59. The van der Waals surface area contributed by atoms with E-state index >= 15 is 0 Å². The van der Waals surface area contributed by atoms with Crippen molar-refractivity contribution in [3.63, 3.8) is 0 Å². The lowest BCUT2D eigenvalue weighted by Crippen LogP contribution is -2.38. The zero-order valence-electron chi connectivity index (χ0n) is 16.1. The van der Waals surface area contributed by atoms with Crippen molar-refractivity contribution in [3.8, 4) is 29.0 Å². The van der Waals surface area contributed by atoms with Crippen LogP contribution in [0.4, 0.5) is 0 Å². The number of rotatable bonds is 6. The summed E-state index contributed by atoms with van der Waals surface area (Å²) in [5, 5.41) is 9.13. The van der Waals surface area contributed by atoms with Crippen molar-refractivity contribution in [3.05, 3.63) is 54.2 Å². The lowest BCUT2D eigenvalue weighted by molar-refractivity contribution is 0.103. The van der Waals surface area contributed by atoms with Crippen LogP contribution in [-0.4, -0.2) is 35.6 Å². The molecule has 2 aromatic rings. The van der Waals surface area contributed by atoms with E-state index < -0.39 is 0 Å². The Morgan fingerprint density at radius 2 is 2.11 bits per heavy atom. The zero-order valence-corrected chi connectivity index (χ0v) is 16.1. The molecule has 28 heavy (non-hydrogen) atoms. The van der Waals surface area contributed by atoms with E-state index in [1.165, 1.54) is 5.56 Å². The van der Waals surface area contributed by atoms with Gasteiger partial charge in [0.2, 0.25) is 5.88 Å². The molecule has 0 atom stereocenters. The fourth-order valence-corrected chi connectivity index (χ4v) is 4.23. The largest absolute Gasteiger partial charge is 0.474 e. The Balaban J connectivity index is 1.54. The van der Waals surface area contributed by atoms with Crippen LogP contribution >= 0.6 is 0 Å². The van der Waals surface area contributed by atoms with E-state index in [9.17, 15) is 0 Å². The minimum atomic E-state index is 0.179. The molecule has 0 amide bonds. The molecule has 2 aliphatic rings. The average Bonchev–Trinajstić information content (AvgIpc) is 3.20. The van der Waals surface area contributed by atoms with Crippen LogP contribution in [0, 0.1) is 11.5 Å². The van der Waals surface area contributed by atoms with Gasteiger partial charge in [-0.1, -0.05) is 18.2 Å². The summed E-state index contributed by atoms with van der Waals surface area (Å²) in [6.45, 7) is 6.77. The molecule has 0 spiro atoms. The van der Waals surface area contributed by atoms with Crippen LogP contribution < -0.4 is 9.47 Å². The quantitative estimate of drug-likeness (QED) is 0.561. The number of hydrogen-bond acceptors (Lipinski definition) is 5. The number of aryl methyl sites for hydroxylation is 1. The third kappa shape index (κ3) is 3.88. The molecule has 144 valence electrons. The van der Waals surface area contributed by atoms with Gasteiger partial charge in [0.1, 0.15) is 6.10 Å². The van der Waals surface area contributed by atoms with Gasteiger partial charge in [-0.15, -0.1) is 11.8 Å². The van der Waals surface area contributed by atoms with E-state index in [1.54, 1.807) is 6.20 Å². The molecule has 0 N–H and O–H groups in total. The summed E-state index contributed by atoms with van der Waals surface area (Å²) in [5.74, 6) is 1.32. The second-order valence-corrected chi connectivity index (χ2v) is 7.42. The molecule has 1 fully saturated rings. The van der Waals surface area contributed by atoms with Crippen LogP contribution in [0.2, 0.25) is 0 Å². The van der Waals surface area contributed by atoms with E-state index in [-0.39, 0.29) is 6.10 Å². The number of pyridine rings is 1. The summed E-state index contributed by atoms with van der Waals surface area (Å²) in [6, 6.07) is 8.10. The van der Waals surface area contributed by atoms with Gasteiger partial charge in [-0.2, -0.15) is 0 Å². The third-order valence-electron chi connectivity index (χ3n) is 5.63. The monoisotopic (exact) mass is 375 g/mol. The maximum atomic E-state index is 9.13. The van der Waals surface area contributed by atoms with Gasteiger partial charge in [0.05, 0.1) is 0 Å². The lowest BCUT2D eigenvalue weighted by Gasteiger charge is -2.31. The molecule has 4 rings (SSSR count). The standard InChI is InChI=1S/C23H25N3O2/c1-2-12-26-13-9-19(10-14-26)28-22-15-18(8-11-25-22)21-7-6-17-4-3-5-20(17)23(21)27-16-24/h2,6-8,11,15,19H,1,3-5,9-10,12-14H2. The number of fused-ring (bicyclic) bond motifs is 1. The maximum absolute atomic E-state index is 9.13. The van der Waals surface area contributed by atoms with Crippen molar-refractivity contribution in [2.45, 2.75) is 38.2 Å². The van der Waals surface area contributed by atoms with Crippen molar-refractivity contribution in [1.29, 1.82) is 5.26 Å². The van der Waals surface area contributed by atoms with E-state index in [4.69, 9.17) is 14.7 Å². The van der Waals surface area contributed by atoms with E-state index in [0.717, 1.165) is 68.4 Å². The fraction of sp³-hybridized carbons (Fsp3) is 0.391. The Hall–Kier alpha value is -2.84. The molecule has 0 saturated carbocycles. The predicted molar refractivity (Wildman–Crippen MR) is 108 cm³/mol. The highest BCUT2D eigenvalue weighted by Crippen LogP contribution is 2.39. The molecule has 0 bridgehead atoms. The molecule has 5 nitrogen and oxygen atoms in total. The zero-order chi connectivity index (χ0) is 19.3. The van der Waals surface area contributed by atoms with Crippen molar-refractivity contribution in [2.75, 3.05) is 19.6 Å². The first-order valence-electron chi connectivity index (χ1n) is 9.95. The highest BCUT2D eigenvalue weighted by Gasteiger charge is 2.22. The van der Waals surface area contributed by atoms with Crippen LogP contribution in [0.5, 0.6) is 11.6 Å². The van der Waals surface area contributed by atoms with Crippen molar-refractivity contribution < 1.29 is 9.47 Å². The summed E-state index contributed by atoms with van der Waals surface area (Å²) in [5.41, 5.74) is 4.34. The number of hydrogen-bond donors (Lipinski definition) is 0. The molecule has 1 aromatic heterocycles. The summed E-state index contributed by atoms with van der Waals surface area (Å²) in [7, 11) is 0. The molecule has 0 unspecified atom stereocenters. The minimum absolute atomic E-state index is 0.179. The number of likely N-dealkylation sites (tertiary alicyclic amines) is 1. The Bertz CT molecular complexity index is 895. The second-order valence-electron chi connectivity index (χ2n) is 7.42. The third-order valence-corrected chi connectivity index (χ3v) is 5.63. The molecule has 1 aliphatic heterocycles. The molecule has 2 heterocycles. The van der Waals surface area contributed by atoms with E-state index in [2.05, 4.69) is 22.5 Å².